The highest BCUT2D eigenvalue weighted by atomic mass is 35.5. The zero-order chi connectivity index (χ0) is 22.6. The molecule has 0 bridgehead atoms. The molecule has 1 spiro atoms. The number of pyridine rings is 1. The Morgan fingerprint density at radius 1 is 1.12 bits per heavy atom. The Balaban J connectivity index is 1.46. The summed E-state index contributed by atoms with van der Waals surface area (Å²) in [4.78, 5) is 32.2. The fraction of sp³-hybridized carbons (Fsp3) is 0.480. The minimum atomic E-state index is -0.162. The first-order valence-electron chi connectivity index (χ1n) is 11.4. The van der Waals surface area contributed by atoms with Crippen LogP contribution < -0.4 is 10.1 Å². The van der Waals surface area contributed by atoms with Crippen LogP contribution >= 0.6 is 11.6 Å². The second-order valence-corrected chi connectivity index (χ2v) is 9.38. The lowest BCUT2D eigenvalue weighted by Crippen LogP contribution is -2.48. The molecule has 0 radical (unpaired) electrons. The highest BCUT2D eigenvalue weighted by Gasteiger charge is 2.36. The van der Waals surface area contributed by atoms with E-state index in [2.05, 4.69) is 10.3 Å². The van der Waals surface area contributed by atoms with Crippen LogP contribution in [0.15, 0.2) is 36.4 Å². The third-order valence-corrected chi connectivity index (χ3v) is 6.87. The molecular weight excluding hydrogens is 426 g/mol. The summed E-state index contributed by atoms with van der Waals surface area (Å²) in [5.41, 5.74) is 1.81. The first-order valence-corrected chi connectivity index (χ1v) is 11.8. The van der Waals surface area contributed by atoms with Crippen molar-refractivity contribution in [2.24, 2.45) is 5.41 Å². The first-order chi connectivity index (χ1) is 15.5. The number of carbonyl (C=O) groups is 2. The third kappa shape index (κ3) is 5.23. The van der Waals surface area contributed by atoms with Crippen LogP contribution in [0.4, 0.5) is 0 Å². The normalized spacial score (nSPS) is 19.2. The molecule has 4 rings (SSSR count). The van der Waals surface area contributed by atoms with Crippen LogP contribution in [-0.2, 0) is 0 Å². The number of ether oxygens (including phenoxy) is 1. The molecule has 1 aromatic heterocycles. The lowest BCUT2D eigenvalue weighted by Gasteiger charge is -2.42. The average molecular weight is 456 g/mol. The van der Waals surface area contributed by atoms with E-state index in [1.54, 1.807) is 24.3 Å². The highest BCUT2D eigenvalue weighted by molar-refractivity contribution is 6.31. The largest absolute Gasteiger partial charge is 0.493 e. The van der Waals surface area contributed by atoms with Crippen molar-refractivity contribution in [3.8, 4) is 5.75 Å². The van der Waals surface area contributed by atoms with Crippen LogP contribution in [0.5, 0.6) is 5.75 Å². The van der Waals surface area contributed by atoms with Gasteiger partial charge in [0.2, 0.25) is 0 Å². The van der Waals surface area contributed by atoms with Crippen molar-refractivity contribution in [2.45, 2.75) is 45.4 Å². The molecular formula is C25H30ClN3O3. The minimum Gasteiger partial charge on any atom is -0.493 e. The molecule has 1 N–H and O–H groups in total. The van der Waals surface area contributed by atoms with Crippen LogP contribution in [0.3, 0.4) is 0 Å². The van der Waals surface area contributed by atoms with Crippen LogP contribution in [0.2, 0.25) is 5.02 Å². The summed E-state index contributed by atoms with van der Waals surface area (Å²) in [6, 6.07) is 10.7. The maximum absolute atomic E-state index is 13.0. The zero-order valence-electron chi connectivity index (χ0n) is 18.5. The summed E-state index contributed by atoms with van der Waals surface area (Å²) in [6.07, 6.45) is 5.87. The van der Waals surface area contributed by atoms with E-state index in [1.807, 2.05) is 24.0 Å². The Hall–Kier alpha value is -2.60. The van der Waals surface area contributed by atoms with Crippen LogP contribution in [0, 0.1) is 12.3 Å². The van der Waals surface area contributed by atoms with Crippen LogP contribution in [0.1, 0.15) is 65.1 Å². The third-order valence-electron chi connectivity index (χ3n) is 6.64. The van der Waals surface area contributed by atoms with Gasteiger partial charge in [0.1, 0.15) is 11.4 Å². The lowest BCUT2D eigenvalue weighted by atomic mass is 9.74. The molecule has 3 heterocycles. The number of halogens is 1. The molecule has 0 aliphatic carbocycles. The first kappa shape index (κ1) is 22.6. The number of likely N-dealkylation sites (tertiary alicyclic amines) is 1. The van der Waals surface area contributed by atoms with E-state index in [1.165, 1.54) is 0 Å². The molecule has 0 unspecified atom stereocenters. The van der Waals surface area contributed by atoms with Crippen molar-refractivity contribution >= 4 is 23.4 Å². The number of nitrogens with one attached hydrogen (secondary N) is 1. The number of carbonyl (C=O) groups excluding carboxylic acids is 2. The summed E-state index contributed by atoms with van der Waals surface area (Å²) in [6.45, 7) is 4.42. The van der Waals surface area contributed by atoms with E-state index >= 15 is 0 Å². The molecule has 2 amide bonds. The van der Waals surface area contributed by atoms with Crippen LogP contribution in [-0.4, -0.2) is 47.9 Å². The lowest BCUT2D eigenvalue weighted by molar-refractivity contribution is 0.0528. The second kappa shape index (κ2) is 9.90. The quantitative estimate of drug-likeness (QED) is 0.679. The molecule has 1 saturated heterocycles. The Labute approximate surface area is 194 Å². The molecule has 2 aliphatic heterocycles. The zero-order valence-corrected chi connectivity index (χ0v) is 19.3. The van der Waals surface area contributed by atoms with Crippen molar-refractivity contribution in [3.05, 3.63) is 58.4 Å². The number of fused-ring (bicyclic) bond motifs is 1. The summed E-state index contributed by atoms with van der Waals surface area (Å²) >= 11 is 6.14. The smallest absolute Gasteiger partial charge is 0.272 e. The van der Waals surface area contributed by atoms with Gasteiger partial charge in [-0.25, -0.2) is 4.98 Å². The second-order valence-electron chi connectivity index (χ2n) is 8.94. The van der Waals surface area contributed by atoms with Gasteiger partial charge in [-0.05, 0) is 68.4 Å². The van der Waals surface area contributed by atoms with Gasteiger partial charge in [-0.1, -0.05) is 30.5 Å². The molecule has 6 nitrogen and oxygen atoms in total. The number of aryl methyl sites for hydroxylation is 1. The standard InChI is InChI=1S/C25H30ClN3O3/c1-18-6-5-7-21(28-18)24(31)29-13-11-25(12-14-29)10-3-2-4-15-32-22-9-8-19(26)16-20(22)23(30)27-17-25/h5-9,16H,2-4,10-15,17H2,1H3,(H,27,30). The molecule has 170 valence electrons. The van der Waals surface area contributed by atoms with E-state index in [9.17, 15) is 9.59 Å². The molecule has 0 atom stereocenters. The monoisotopic (exact) mass is 455 g/mol. The molecule has 1 fully saturated rings. The number of benzene rings is 1. The molecule has 7 heteroatoms. The Morgan fingerprint density at radius 2 is 1.94 bits per heavy atom. The predicted molar refractivity (Wildman–Crippen MR) is 124 cm³/mol. The van der Waals surface area contributed by atoms with Crippen molar-refractivity contribution in [2.75, 3.05) is 26.2 Å². The van der Waals surface area contributed by atoms with E-state index in [0.29, 0.717) is 48.3 Å². The predicted octanol–water partition coefficient (Wildman–Crippen LogP) is 4.65. The van der Waals surface area contributed by atoms with Gasteiger partial charge in [0.15, 0.2) is 0 Å². The van der Waals surface area contributed by atoms with E-state index in [-0.39, 0.29) is 17.2 Å². The van der Waals surface area contributed by atoms with Gasteiger partial charge >= 0.3 is 0 Å². The maximum atomic E-state index is 13.0. The fourth-order valence-electron chi connectivity index (χ4n) is 4.65. The van der Waals surface area contributed by atoms with E-state index in [4.69, 9.17) is 16.3 Å². The minimum absolute atomic E-state index is 0.00866. The fourth-order valence-corrected chi connectivity index (χ4v) is 4.83. The molecule has 32 heavy (non-hydrogen) atoms. The average Bonchev–Trinajstić information content (AvgIpc) is 2.80. The van der Waals surface area contributed by atoms with E-state index < -0.39 is 0 Å². The summed E-state index contributed by atoms with van der Waals surface area (Å²) < 4.78 is 5.84. The van der Waals surface area contributed by atoms with Crippen LogP contribution in [0.25, 0.3) is 0 Å². The van der Waals surface area contributed by atoms with E-state index in [0.717, 1.165) is 44.2 Å². The van der Waals surface area contributed by atoms with Gasteiger partial charge in [-0.15, -0.1) is 0 Å². The topological polar surface area (TPSA) is 71.5 Å². The van der Waals surface area contributed by atoms with Gasteiger partial charge < -0.3 is 15.0 Å². The van der Waals surface area contributed by atoms with Gasteiger partial charge in [0.25, 0.3) is 11.8 Å². The number of amides is 2. The molecule has 1 aromatic carbocycles. The Bertz CT molecular complexity index is 986. The number of hydrogen-bond acceptors (Lipinski definition) is 4. The molecule has 0 saturated carbocycles. The Morgan fingerprint density at radius 3 is 2.72 bits per heavy atom. The molecule has 2 aromatic rings. The van der Waals surface area contributed by atoms with Gasteiger partial charge in [0, 0.05) is 30.4 Å². The summed E-state index contributed by atoms with van der Waals surface area (Å²) in [5, 5.41) is 3.65. The van der Waals surface area contributed by atoms with Crippen molar-refractivity contribution < 1.29 is 14.3 Å². The van der Waals surface area contributed by atoms with Crippen molar-refractivity contribution in [1.82, 2.24) is 15.2 Å². The number of aromatic nitrogens is 1. The highest BCUT2D eigenvalue weighted by Crippen LogP contribution is 2.37. The number of nitrogens with zero attached hydrogens (tertiary/aromatic N) is 2. The van der Waals surface area contributed by atoms with Crippen molar-refractivity contribution in [1.29, 1.82) is 0 Å². The Kier molecular flexibility index (Phi) is 6.99. The molecule has 2 aliphatic rings. The van der Waals surface area contributed by atoms with Crippen molar-refractivity contribution in [3.63, 3.8) is 0 Å². The summed E-state index contributed by atoms with van der Waals surface area (Å²) in [7, 11) is 0. The summed E-state index contributed by atoms with van der Waals surface area (Å²) in [5.74, 6) is 0.402. The van der Waals surface area contributed by atoms with Gasteiger partial charge in [0.05, 0.1) is 12.2 Å². The number of hydrogen-bond donors (Lipinski definition) is 1. The SMILES string of the molecule is Cc1cccc(C(=O)N2CCC3(CCCCCOc4ccc(Cl)cc4C(=O)NC3)CC2)n1. The van der Waals surface area contributed by atoms with Gasteiger partial charge in [-0.2, -0.15) is 0 Å². The number of piperidine rings is 1. The number of rotatable bonds is 1. The maximum Gasteiger partial charge on any atom is 0.272 e. The van der Waals surface area contributed by atoms with Gasteiger partial charge in [-0.3, -0.25) is 9.59 Å².